The molecular weight excluding hydrogens is 453 g/mol. The molecule has 0 amide bonds. The number of hydrogen-bond acceptors (Lipinski definition) is 4. The molecule has 1 fully saturated rings. The number of nitrogens with one attached hydrogen (secondary N) is 2. The molecule has 1 aromatic heterocycles. The predicted molar refractivity (Wildman–Crippen MR) is 123 cm³/mol. The molecule has 2 rings (SSSR count). The molecule has 0 aliphatic carbocycles. The van der Waals surface area contributed by atoms with Crippen LogP contribution in [0.25, 0.3) is 0 Å². The fourth-order valence-corrected chi connectivity index (χ4v) is 3.23. The van der Waals surface area contributed by atoms with Crippen molar-refractivity contribution in [2.24, 2.45) is 4.99 Å². The van der Waals surface area contributed by atoms with E-state index in [1.165, 1.54) is 32.4 Å². The summed E-state index contributed by atoms with van der Waals surface area (Å²) in [7, 11) is 0. The number of hydrogen-bond donors (Lipinski definition) is 2. The number of rotatable bonds is 8. The van der Waals surface area contributed by atoms with Crippen LogP contribution in [0.15, 0.2) is 23.3 Å². The summed E-state index contributed by atoms with van der Waals surface area (Å²) < 4.78 is 5.59. The van der Waals surface area contributed by atoms with Gasteiger partial charge >= 0.3 is 0 Å². The highest BCUT2D eigenvalue weighted by molar-refractivity contribution is 14.0. The maximum absolute atomic E-state index is 5.59. The third-order valence-corrected chi connectivity index (χ3v) is 4.78. The smallest absolute Gasteiger partial charge is 0.218 e. The molecule has 0 unspecified atom stereocenters. The molecule has 0 saturated carbocycles. The van der Waals surface area contributed by atoms with E-state index in [1.807, 2.05) is 19.1 Å². The van der Waals surface area contributed by atoms with Gasteiger partial charge < -0.3 is 15.4 Å². The van der Waals surface area contributed by atoms with E-state index >= 15 is 0 Å². The number of piperidine rings is 1. The number of guanidine groups is 1. The van der Waals surface area contributed by atoms with Gasteiger partial charge in [-0.1, -0.05) is 12.5 Å². The van der Waals surface area contributed by atoms with Gasteiger partial charge in [-0.05, 0) is 59.7 Å². The van der Waals surface area contributed by atoms with Crippen LogP contribution in [-0.2, 0) is 6.54 Å². The number of aromatic nitrogens is 1. The topological polar surface area (TPSA) is 61.8 Å². The Morgan fingerprint density at radius 1 is 1.22 bits per heavy atom. The standard InChI is InChI=1S/C20H35N5O.HI/c1-5-21-19(23-15-17-11-10-12-22-18(17)26-6-2)24-16-20(3,4)25-13-8-7-9-14-25;/h10-12H,5-9,13-16H2,1-4H3,(H2,21,23,24);1H. The molecular formula is C20H36IN5O. The van der Waals surface area contributed by atoms with Gasteiger partial charge in [0, 0.05) is 30.4 Å². The van der Waals surface area contributed by atoms with Crippen molar-refractivity contribution >= 4 is 29.9 Å². The second-order valence-electron chi connectivity index (χ2n) is 7.31. The first-order chi connectivity index (χ1) is 12.6. The van der Waals surface area contributed by atoms with E-state index in [2.05, 4.69) is 41.3 Å². The zero-order chi connectivity index (χ0) is 18.8. The molecule has 2 N–H and O–H groups in total. The summed E-state index contributed by atoms with van der Waals surface area (Å²) >= 11 is 0. The number of pyridine rings is 1. The van der Waals surface area contributed by atoms with Crippen LogP contribution in [0.1, 0.15) is 52.5 Å². The van der Waals surface area contributed by atoms with Crippen LogP contribution in [0.5, 0.6) is 5.88 Å². The Morgan fingerprint density at radius 2 is 1.96 bits per heavy atom. The van der Waals surface area contributed by atoms with Crippen LogP contribution >= 0.6 is 24.0 Å². The Hall–Kier alpha value is -1.09. The summed E-state index contributed by atoms with van der Waals surface area (Å²) in [4.78, 5) is 11.6. The highest BCUT2D eigenvalue weighted by atomic mass is 127. The normalized spacial score (nSPS) is 15.8. The third-order valence-electron chi connectivity index (χ3n) is 4.78. The van der Waals surface area contributed by atoms with Gasteiger partial charge in [0.1, 0.15) is 0 Å². The number of halogens is 1. The lowest BCUT2D eigenvalue weighted by Crippen LogP contribution is -2.54. The van der Waals surface area contributed by atoms with E-state index in [-0.39, 0.29) is 29.5 Å². The van der Waals surface area contributed by atoms with Crippen molar-refractivity contribution in [2.45, 2.75) is 59.0 Å². The molecule has 1 aromatic rings. The minimum Gasteiger partial charge on any atom is -0.478 e. The van der Waals surface area contributed by atoms with E-state index in [0.29, 0.717) is 19.0 Å². The minimum atomic E-state index is 0. The zero-order valence-corrected chi connectivity index (χ0v) is 19.6. The van der Waals surface area contributed by atoms with E-state index in [1.54, 1.807) is 6.20 Å². The number of nitrogens with zero attached hydrogens (tertiary/aromatic N) is 3. The SMILES string of the molecule is CCNC(=NCc1cccnc1OCC)NCC(C)(C)N1CCCCC1.I. The van der Waals surface area contributed by atoms with Crippen molar-refractivity contribution in [1.82, 2.24) is 20.5 Å². The maximum Gasteiger partial charge on any atom is 0.218 e. The molecule has 154 valence electrons. The monoisotopic (exact) mass is 489 g/mol. The Balaban J connectivity index is 0.00000364. The van der Waals surface area contributed by atoms with E-state index in [0.717, 1.165) is 24.6 Å². The van der Waals surface area contributed by atoms with E-state index in [4.69, 9.17) is 9.73 Å². The van der Waals surface area contributed by atoms with Crippen LogP contribution in [0.4, 0.5) is 0 Å². The largest absolute Gasteiger partial charge is 0.478 e. The fraction of sp³-hybridized carbons (Fsp3) is 0.700. The van der Waals surface area contributed by atoms with Crippen LogP contribution in [-0.4, -0.2) is 54.2 Å². The third kappa shape index (κ3) is 7.81. The predicted octanol–water partition coefficient (Wildman–Crippen LogP) is 3.42. The Morgan fingerprint density at radius 3 is 2.63 bits per heavy atom. The first-order valence-electron chi connectivity index (χ1n) is 9.90. The van der Waals surface area contributed by atoms with Crippen molar-refractivity contribution < 1.29 is 4.74 Å². The Kier molecular flexibility index (Phi) is 11.0. The number of ether oxygens (including phenoxy) is 1. The second kappa shape index (κ2) is 12.4. The van der Waals surface area contributed by atoms with Crippen LogP contribution in [0, 0.1) is 0 Å². The summed E-state index contributed by atoms with van der Waals surface area (Å²) in [5.74, 6) is 1.51. The molecule has 0 spiro atoms. The molecule has 1 saturated heterocycles. The van der Waals surface area contributed by atoms with Gasteiger partial charge in [-0.15, -0.1) is 24.0 Å². The summed E-state index contributed by atoms with van der Waals surface area (Å²) in [6, 6.07) is 3.94. The second-order valence-corrected chi connectivity index (χ2v) is 7.31. The molecule has 6 nitrogen and oxygen atoms in total. The van der Waals surface area contributed by atoms with Crippen LogP contribution < -0.4 is 15.4 Å². The van der Waals surface area contributed by atoms with Crippen molar-refractivity contribution in [2.75, 3.05) is 32.8 Å². The molecule has 0 radical (unpaired) electrons. The molecule has 27 heavy (non-hydrogen) atoms. The summed E-state index contributed by atoms with van der Waals surface area (Å²) in [6.07, 6.45) is 5.72. The van der Waals surface area contributed by atoms with Gasteiger partial charge in [-0.3, -0.25) is 4.90 Å². The lowest BCUT2D eigenvalue weighted by Gasteiger charge is -2.41. The minimum absolute atomic E-state index is 0. The maximum atomic E-state index is 5.59. The summed E-state index contributed by atoms with van der Waals surface area (Å²) in [5.41, 5.74) is 1.11. The van der Waals surface area contributed by atoms with Crippen molar-refractivity contribution in [3.05, 3.63) is 23.9 Å². The van der Waals surface area contributed by atoms with Gasteiger partial charge in [0.05, 0.1) is 13.2 Å². The fourth-order valence-electron chi connectivity index (χ4n) is 3.23. The summed E-state index contributed by atoms with van der Waals surface area (Å²) in [6.45, 7) is 13.9. The van der Waals surface area contributed by atoms with Gasteiger partial charge in [-0.25, -0.2) is 9.98 Å². The van der Waals surface area contributed by atoms with Crippen molar-refractivity contribution in [1.29, 1.82) is 0 Å². The molecule has 0 aromatic carbocycles. The van der Waals surface area contributed by atoms with Gasteiger partial charge in [0.25, 0.3) is 0 Å². The molecule has 7 heteroatoms. The van der Waals surface area contributed by atoms with Gasteiger partial charge in [0.2, 0.25) is 5.88 Å². The molecule has 1 aliphatic heterocycles. The lowest BCUT2D eigenvalue weighted by atomic mass is 9.98. The van der Waals surface area contributed by atoms with Crippen LogP contribution in [0.2, 0.25) is 0 Å². The van der Waals surface area contributed by atoms with E-state index in [9.17, 15) is 0 Å². The van der Waals surface area contributed by atoms with Crippen molar-refractivity contribution in [3.8, 4) is 5.88 Å². The number of aliphatic imine (C=N–C) groups is 1. The van der Waals surface area contributed by atoms with Crippen LogP contribution in [0.3, 0.4) is 0 Å². The highest BCUT2D eigenvalue weighted by Crippen LogP contribution is 2.20. The lowest BCUT2D eigenvalue weighted by molar-refractivity contribution is 0.0982. The number of likely N-dealkylation sites (tertiary alicyclic amines) is 1. The highest BCUT2D eigenvalue weighted by Gasteiger charge is 2.27. The molecule has 0 atom stereocenters. The first kappa shape index (κ1) is 23.9. The Labute approximate surface area is 181 Å². The summed E-state index contributed by atoms with van der Waals surface area (Å²) in [5, 5.41) is 6.85. The van der Waals surface area contributed by atoms with Gasteiger partial charge in [0.15, 0.2) is 5.96 Å². The van der Waals surface area contributed by atoms with E-state index < -0.39 is 0 Å². The van der Waals surface area contributed by atoms with Crippen molar-refractivity contribution in [3.63, 3.8) is 0 Å². The Bertz CT molecular complexity index is 573. The average Bonchev–Trinajstić information content (AvgIpc) is 2.66. The molecule has 2 heterocycles. The molecule has 0 bridgehead atoms. The zero-order valence-electron chi connectivity index (χ0n) is 17.3. The quantitative estimate of drug-likeness (QED) is 0.333. The average molecular weight is 489 g/mol. The first-order valence-corrected chi connectivity index (χ1v) is 9.90. The molecule has 1 aliphatic rings. The van der Waals surface area contributed by atoms with Gasteiger partial charge in [-0.2, -0.15) is 0 Å².